The number of nitrogens with two attached hydrogens (primary N) is 1. The molecule has 0 saturated carbocycles. The highest BCUT2D eigenvalue weighted by Gasteiger charge is 2.15. The van der Waals surface area contributed by atoms with Gasteiger partial charge in [0.2, 0.25) is 0 Å². The van der Waals surface area contributed by atoms with Gasteiger partial charge in [-0.3, -0.25) is 4.98 Å². The molecular weight excluding hydrogens is 267 g/mol. The van der Waals surface area contributed by atoms with Gasteiger partial charge in [-0.2, -0.15) is 0 Å². The lowest BCUT2D eigenvalue weighted by atomic mass is 10.1. The summed E-state index contributed by atoms with van der Waals surface area (Å²) in [5.74, 6) is 0.122. The standard InChI is InChI=1S/C14H10ClFN2O/c15-10-1-2-12-8(3-10)5-13(19-12)14(17)9-4-11(16)7-18-6-9/h1-7,14H,17H2. The number of furan rings is 1. The molecule has 96 valence electrons. The van der Waals surface area contributed by atoms with Crippen molar-refractivity contribution in [2.75, 3.05) is 0 Å². The summed E-state index contributed by atoms with van der Waals surface area (Å²) in [6.07, 6.45) is 2.66. The van der Waals surface area contributed by atoms with E-state index in [1.165, 1.54) is 12.3 Å². The molecule has 3 rings (SSSR count). The maximum atomic E-state index is 13.1. The van der Waals surface area contributed by atoms with Crippen molar-refractivity contribution in [1.82, 2.24) is 4.98 Å². The maximum Gasteiger partial charge on any atom is 0.141 e. The Kier molecular flexibility index (Phi) is 2.97. The number of halogens is 2. The zero-order chi connectivity index (χ0) is 13.4. The second-order valence-electron chi connectivity index (χ2n) is 4.25. The maximum absolute atomic E-state index is 13.1. The van der Waals surface area contributed by atoms with Crippen molar-refractivity contribution in [2.24, 2.45) is 5.73 Å². The molecule has 19 heavy (non-hydrogen) atoms. The van der Waals surface area contributed by atoms with Crippen LogP contribution in [0.1, 0.15) is 17.4 Å². The largest absolute Gasteiger partial charge is 0.459 e. The van der Waals surface area contributed by atoms with Gasteiger partial charge in [0, 0.05) is 16.6 Å². The van der Waals surface area contributed by atoms with Crippen LogP contribution >= 0.6 is 11.6 Å². The molecular formula is C14H10ClFN2O. The Labute approximate surface area is 113 Å². The Bertz CT molecular complexity index is 741. The minimum absolute atomic E-state index is 0.424. The summed E-state index contributed by atoms with van der Waals surface area (Å²) >= 11 is 5.91. The third kappa shape index (κ3) is 2.32. The monoisotopic (exact) mass is 276 g/mol. The van der Waals surface area contributed by atoms with Crippen LogP contribution in [-0.4, -0.2) is 4.98 Å². The molecule has 0 radical (unpaired) electrons. The highest BCUT2D eigenvalue weighted by atomic mass is 35.5. The van der Waals surface area contributed by atoms with Gasteiger partial charge in [0.15, 0.2) is 0 Å². The van der Waals surface area contributed by atoms with Crippen molar-refractivity contribution in [3.8, 4) is 0 Å². The minimum atomic E-state index is -0.561. The molecule has 0 amide bonds. The zero-order valence-electron chi connectivity index (χ0n) is 9.81. The van der Waals surface area contributed by atoms with E-state index in [0.717, 1.165) is 11.6 Å². The average Bonchev–Trinajstić information content (AvgIpc) is 2.80. The number of aromatic nitrogens is 1. The fourth-order valence-electron chi connectivity index (χ4n) is 1.95. The van der Waals surface area contributed by atoms with E-state index in [0.29, 0.717) is 21.9 Å². The van der Waals surface area contributed by atoms with E-state index in [2.05, 4.69) is 4.98 Å². The van der Waals surface area contributed by atoms with E-state index in [1.54, 1.807) is 24.3 Å². The normalized spacial score (nSPS) is 12.8. The number of fused-ring (bicyclic) bond motifs is 1. The Balaban J connectivity index is 2.04. The van der Waals surface area contributed by atoms with Gasteiger partial charge in [-0.15, -0.1) is 0 Å². The van der Waals surface area contributed by atoms with Crippen molar-refractivity contribution in [3.63, 3.8) is 0 Å². The lowest BCUT2D eigenvalue weighted by molar-refractivity contribution is 0.522. The molecule has 1 unspecified atom stereocenters. The number of hydrogen-bond acceptors (Lipinski definition) is 3. The highest BCUT2D eigenvalue weighted by molar-refractivity contribution is 6.31. The van der Waals surface area contributed by atoms with E-state index in [-0.39, 0.29) is 0 Å². The second-order valence-corrected chi connectivity index (χ2v) is 4.68. The van der Waals surface area contributed by atoms with Gasteiger partial charge in [0.05, 0.1) is 12.2 Å². The molecule has 0 saturated heterocycles. The van der Waals surface area contributed by atoms with Gasteiger partial charge >= 0.3 is 0 Å². The van der Waals surface area contributed by atoms with E-state index in [9.17, 15) is 4.39 Å². The Morgan fingerprint density at radius 1 is 1.21 bits per heavy atom. The highest BCUT2D eigenvalue weighted by Crippen LogP contribution is 2.28. The van der Waals surface area contributed by atoms with E-state index in [4.69, 9.17) is 21.8 Å². The van der Waals surface area contributed by atoms with Crippen LogP contribution in [0.3, 0.4) is 0 Å². The molecule has 0 bridgehead atoms. The molecule has 0 spiro atoms. The van der Waals surface area contributed by atoms with E-state index >= 15 is 0 Å². The number of pyridine rings is 1. The molecule has 3 aromatic rings. The third-order valence-corrected chi connectivity index (χ3v) is 3.12. The predicted molar refractivity (Wildman–Crippen MR) is 71.4 cm³/mol. The molecule has 0 fully saturated rings. The molecule has 1 aromatic carbocycles. The first kappa shape index (κ1) is 12.1. The van der Waals surface area contributed by atoms with E-state index < -0.39 is 11.9 Å². The smallest absolute Gasteiger partial charge is 0.141 e. The van der Waals surface area contributed by atoms with Crippen LogP contribution in [0, 0.1) is 5.82 Å². The molecule has 0 aliphatic carbocycles. The summed E-state index contributed by atoms with van der Waals surface area (Å²) in [4.78, 5) is 3.78. The molecule has 2 aromatic heterocycles. The quantitative estimate of drug-likeness (QED) is 0.777. The SMILES string of the molecule is NC(c1cncc(F)c1)c1cc2cc(Cl)ccc2o1. The summed E-state index contributed by atoms with van der Waals surface area (Å²) in [7, 11) is 0. The number of benzene rings is 1. The molecule has 2 heterocycles. The lowest BCUT2D eigenvalue weighted by Gasteiger charge is -2.07. The van der Waals surface area contributed by atoms with Crippen LogP contribution in [0.2, 0.25) is 5.02 Å². The van der Waals surface area contributed by atoms with Crippen molar-refractivity contribution < 1.29 is 8.81 Å². The van der Waals surface area contributed by atoms with Crippen molar-refractivity contribution in [1.29, 1.82) is 0 Å². The minimum Gasteiger partial charge on any atom is -0.459 e. The van der Waals surface area contributed by atoms with Crippen molar-refractivity contribution in [2.45, 2.75) is 6.04 Å². The summed E-state index contributed by atoms with van der Waals surface area (Å²) in [6, 6.07) is 7.90. The second kappa shape index (κ2) is 4.64. The summed E-state index contributed by atoms with van der Waals surface area (Å²) < 4.78 is 18.8. The predicted octanol–water partition coefficient (Wildman–Crippen LogP) is 3.67. The van der Waals surface area contributed by atoms with Gasteiger partial charge in [0.1, 0.15) is 17.2 Å². The van der Waals surface area contributed by atoms with Crippen LogP contribution in [0.25, 0.3) is 11.0 Å². The first-order chi connectivity index (χ1) is 9.13. The summed E-state index contributed by atoms with van der Waals surface area (Å²) in [5, 5.41) is 1.49. The number of hydrogen-bond donors (Lipinski definition) is 1. The molecule has 0 aliphatic rings. The van der Waals surface area contributed by atoms with Crippen LogP contribution in [0.15, 0.2) is 47.1 Å². The fraction of sp³-hybridized carbons (Fsp3) is 0.0714. The molecule has 5 heteroatoms. The van der Waals surface area contributed by atoms with Gasteiger partial charge in [-0.25, -0.2) is 4.39 Å². The number of rotatable bonds is 2. The van der Waals surface area contributed by atoms with Crippen LogP contribution < -0.4 is 5.73 Å². The average molecular weight is 277 g/mol. The van der Waals surface area contributed by atoms with Gasteiger partial charge < -0.3 is 10.2 Å². The molecule has 3 nitrogen and oxygen atoms in total. The van der Waals surface area contributed by atoms with Gasteiger partial charge in [0.25, 0.3) is 0 Å². The van der Waals surface area contributed by atoms with Crippen LogP contribution in [0.5, 0.6) is 0 Å². The van der Waals surface area contributed by atoms with Crippen molar-refractivity contribution >= 4 is 22.6 Å². The summed E-state index contributed by atoms with van der Waals surface area (Å²) in [6.45, 7) is 0. The van der Waals surface area contributed by atoms with Gasteiger partial charge in [-0.1, -0.05) is 11.6 Å². The first-order valence-electron chi connectivity index (χ1n) is 5.68. The lowest BCUT2D eigenvalue weighted by Crippen LogP contribution is -2.11. The fourth-order valence-corrected chi connectivity index (χ4v) is 2.13. The molecule has 0 aliphatic heterocycles. The Hall–Kier alpha value is -1.91. The third-order valence-electron chi connectivity index (χ3n) is 2.89. The Morgan fingerprint density at radius 3 is 2.84 bits per heavy atom. The van der Waals surface area contributed by atoms with Gasteiger partial charge in [-0.05, 0) is 35.9 Å². The first-order valence-corrected chi connectivity index (χ1v) is 6.06. The topological polar surface area (TPSA) is 52.0 Å². The Morgan fingerprint density at radius 2 is 2.05 bits per heavy atom. The summed E-state index contributed by atoms with van der Waals surface area (Å²) in [5.41, 5.74) is 7.31. The molecule has 1 atom stereocenters. The number of nitrogens with zero attached hydrogens (tertiary/aromatic N) is 1. The van der Waals surface area contributed by atoms with Crippen LogP contribution in [0.4, 0.5) is 4.39 Å². The zero-order valence-corrected chi connectivity index (χ0v) is 10.6. The molecule has 2 N–H and O–H groups in total. The van der Waals surface area contributed by atoms with E-state index in [1.807, 2.05) is 0 Å². The van der Waals surface area contributed by atoms with Crippen LogP contribution in [-0.2, 0) is 0 Å². The van der Waals surface area contributed by atoms with Crippen molar-refractivity contribution in [3.05, 3.63) is 64.9 Å².